The summed E-state index contributed by atoms with van der Waals surface area (Å²) in [6.07, 6.45) is 6.40. The Labute approximate surface area is 97.6 Å². The SMILES string of the molecule is C=C(Nc1ccccc1)OC/C=C/CCC. The first-order chi connectivity index (χ1) is 7.83. The molecule has 0 aliphatic rings. The van der Waals surface area contributed by atoms with Crippen molar-refractivity contribution in [3.63, 3.8) is 0 Å². The van der Waals surface area contributed by atoms with E-state index < -0.39 is 0 Å². The number of hydrogen-bond acceptors (Lipinski definition) is 2. The normalized spacial score (nSPS) is 10.3. The van der Waals surface area contributed by atoms with Gasteiger partial charge >= 0.3 is 0 Å². The summed E-state index contributed by atoms with van der Waals surface area (Å²) in [5, 5.41) is 3.08. The van der Waals surface area contributed by atoms with Gasteiger partial charge in [-0.1, -0.05) is 43.7 Å². The molecule has 0 aromatic heterocycles. The Morgan fingerprint density at radius 1 is 1.31 bits per heavy atom. The van der Waals surface area contributed by atoms with Crippen molar-refractivity contribution in [1.29, 1.82) is 0 Å². The van der Waals surface area contributed by atoms with Crippen LogP contribution in [0.15, 0.2) is 54.9 Å². The fraction of sp³-hybridized carbons (Fsp3) is 0.286. The molecule has 2 nitrogen and oxygen atoms in total. The highest BCUT2D eigenvalue weighted by atomic mass is 16.5. The summed E-state index contributed by atoms with van der Waals surface area (Å²) < 4.78 is 5.40. The molecule has 1 aromatic rings. The first kappa shape index (κ1) is 12.4. The number of benzene rings is 1. The molecule has 0 unspecified atom stereocenters. The Balaban J connectivity index is 2.21. The molecule has 0 aliphatic heterocycles. The average Bonchev–Trinajstić information content (AvgIpc) is 2.30. The number of hydrogen-bond donors (Lipinski definition) is 1. The highest BCUT2D eigenvalue weighted by Crippen LogP contribution is 2.08. The molecule has 1 N–H and O–H groups in total. The van der Waals surface area contributed by atoms with Gasteiger partial charge in [0.15, 0.2) is 5.88 Å². The first-order valence-corrected chi connectivity index (χ1v) is 5.61. The molecule has 16 heavy (non-hydrogen) atoms. The molecule has 0 heterocycles. The minimum Gasteiger partial charge on any atom is -0.475 e. The number of unbranched alkanes of at least 4 members (excludes halogenated alkanes) is 1. The van der Waals surface area contributed by atoms with Crippen LogP contribution in [0.25, 0.3) is 0 Å². The molecule has 0 spiro atoms. The molecule has 0 atom stereocenters. The van der Waals surface area contributed by atoms with E-state index in [2.05, 4.69) is 24.9 Å². The largest absolute Gasteiger partial charge is 0.475 e. The molecule has 86 valence electrons. The topological polar surface area (TPSA) is 21.3 Å². The molecule has 0 saturated heterocycles. The van der Waals surface area contributed by atoms with Gasteiger partial charge in [0, 0.05) is 5.69 Å². The van der Waals surface area contributed by atoms with Crippen molar-refractivity contribution in [3.05, 3.63) is 54.9 Å². The minimum absolute atomic E-state index is 0.568. The van der Waals surface area contributed by atoms with Gasteiger partial charge in [0.1, 0.15) is 6.61 Å². The van der Waals surface area contributed by atoms with Crippen LogP contribution in [-0.4, -0.2) is 6.61 Å². The van der Waals surface area contributed by atoms with Crippen LogP contribution in [0.5, 0.6) is 0 Å². The Hall–Kier alpha value is -1.70. The van der Waals surface area contributed by atoms with E-state index in [1.54, 1.807) is 0 Å². The van der Waals surface area contributed by atoms with Gasteiger partial charge in [-0.2, -0.15) is 0 Å². The lowest BCUT2D eigenvalue weighted by Gasteiger charge is -2.09. The van der Waals surface area contributed by atoms with E-state index in [0.29, 0.717) is 12.5 Å². The van der Waals surface area contributed by atoms with E-state index in [1.165, 1.54) is 6.42 Å². The van der Waals surface area contributed by atoms with Gasteiger partial charge in [-0.15, -0.1) is 0 Å². The van der Waals surface area contributed by atoms with Crippen molar-refractivity contribution in [2.45, 2.75) is 19.8 Å². The molecule has 1 aromatic carbocycles. The predicted octanol–water partition coefficient (Wildman–Crippen LogP) is 3.94. The second-order valence-electron chi connectivity index (χ2n) is 3.49. The van der Waals surface area contributed by atoms with Crippen LogP contribution >= 0.6 is 0 Å². The van der Waals surface area contributed by atoms with Crippen molar-refractivity contribution < 1.29 is 4.74 Å². The molecular weight excluding hydrogens is 198 g/mol. The summed E-state index contributed by atoms with van der Waals surface area (Å²) in [5.41, 5.74) is 0.991. The van der Waals surface area contributed by atoms with E-state index in [9.17, 15) is 0 Å². The summed E-state index contributed by atoms with van der Waals surface area (Å²) in [4.78, 5) is 0. The van der Waals surface area contributed by atoms with Gasteiger partial charge in [-0.3, -0.25) is 0 Å². The van der Waals surface area contributed by atoms with Crippen molar-refractivity contribution in [2.75, 3.05) is 11.9 Å². The zero-order valence-corrected chi connectivity index (χ0v) is 9.78. The van der Waals surface area contributed by atoms with Crippen molar-refractivity contribution in [2.24, 2.45) is 0 Å². The standard InChI is InChI=1S/C14H19NO/c1-3-4-5-9-12-16-13(2)15-14-10-7-6-8-11-14/h5-11,15H,2-4,12H2,1H3/b9-5+. The fourth-order valence-electron chi connectivity index (χ4n) is 1.22. The monoisotopic (exact) mass is 217 g/mol. The van der Waals surface area contributed by atoms with Gasteiger partial charge in [0.05, 0.1) is 0 Å². The minimum atomic E-state index is 0.568. The molecule has 0 bridgehead atoms. The maximum atomic E-state index is 5.40. The third kappa shape index (κ3) is 5.25. The van der Waals surface area contributed by atoms with Crippen molar-refractivity contribution >= 4 is 5.69 Å². The van der Waals surface area contributed by atoms with Crippen LogP contribution in [0, 0.1) is 0 Å². The highest BCUT2D eigenvalue weighted by Gasteiger charge is 1.93. The second kappa shape index (κ2) is 7.57. The first-order valence-electron chi connectivity index (χ1n) is 5.61. The summed E-state index contributed by atoms with van der Waals surface area (Å²) in [5.74, 6) is 0.576. The van der Waals surface area contributed by atoms with E-state index in [1.807, 2.05) is 36.4 Å². The van der Waals surface area contributed by atoms with Crippen LogP contribution < -0.4 is 5.32 Å². The number of anilines is 1. The van der Waals surface area contributed by atoms with Crippen LogP contribution in [0.4, 0.5) is 5.69 Å². The van der Waals surface area contributed by atoms with Gasteiger partial charge in [-0.25, -0.2) is 0 Å². The smallest absolute Gasteiger partial charge is 0.183 e. The zero-order valence-electron chi connectivity index (χ0n) is 9.78. The third-order valence-electron chi connectivity index (χ3n) is 2.03. The van der Waals surface area contributed by atoms with Crippen LogP contribution in [0.2, 0.25) is 0 Å². The maximum Gasteiger partial charge on any atom is 0.183 e. The van der Waals surface area contributed by atoms with Crippen molar-refractivity contribution in [3.8, 4) is 0 Å². The van der Waals surface area contributed by atoms with E-state index >= 15 is 0 Å². The van der Waals surface area contributed by atoms with Gasteiger partial charge < -0.3 is 10.1 Å². The van der Waals surface area contributed by atoms with Gasteiger partial charge in [0.2, 0.25) is 0 Å². The van der Waals surface area contributed by atoms with Gasteiger partial charge in [0.25, 0.3) is 0 Å². The second-order valence-corrected chi connectivity index (χ2v) is 3.49. The quantitative estimate of drug-likeness (QED) is 0.551. The molecule has 0 saturated carbocycles. The van der Waals surface area contributed by atoms with Crippen molar-refractivity contribution in [1.82, 2.24) is 0 Å². The van der Waals surface area contributed by atoms with E-state index in [4.69, 9.17) is 4.74 Å². The third-order valence-corrected chi connectivity index (χ3v) is 2.03. The fourth-order valence-corrected chi connectivity index (χ4v) is 1.22. The lowest BCUT2D eigenvalue weighted by atomic mass is 10.3. The summed E-state index contributed by atoms with van der Waals surface area (Å²) in [6, 6.07) is 9.86. The number of ether oxygens (including phenoxy) is 1. The maximum absolute atomic E-state index is 5.40. The molecule has 0 amide bonds. The molecule has 0 radical (unpaired) electrons. The summed E-state index contributed by atoms with van der Waals surface area (Å²) in [7, 11) is 0. The summed E-state index contributed by atoms with van der Waals surface area (Å²) >= 11 is 0. The Kier molecular flexibility index (Phi) is 5.86. The number of rotatable bonds is 7. The highest BCUT2D eigenvalue weighted by molar-refractivity contribution is 5.45. The molecular formula is C14H19NO. The number of para-hydroxylation sites is 1. The predicted molar refractivity (Wildman–Crippen MR) is 69.2 cm³/mol. The molecule has 1 rings (SSSR count). The number of allylic oxidation sites excluding steroid dienone is 1. The Morgan fingerprint density at radius 2 is 2.06 bits per heavy atom. The van der Waals surface area contributed by atoms with Crippen LogP contribution in [-0.2, 0) is 4.74 Å². The molecule has 2 heteroatoms. The lowest BCUT2D eigenvalue weighted by Crippen LogP contribution is -2.02. The zero-order chi connectivity index (χ0) is 11.6. The Morgan fingerprint density at radius 3 is 2.75 bits per heavy atom. The Bertz CT molecular complexity index is 330. The summed E-state index contributed by atoms with van der Waals surface area (Å²) in [6.45, 7) is 6.52. The molecule has 0 aliphatic carbocycles. The lowest BCUT2D eigenvalue weighted by molar-refractivity contribution is 0.255. The van der Waals surface area contributed by atoms with E-state index in [0.717, 1.165) is 12.1 Å². The van der Waals surface area contributed by atoms with Gasteiger partial charge in [-0.05, 0) is 25.1 Å². The van der Waals surface area contributed by atoms with Crippen LogP contribution in [0.1, 0.15) is 19.8 Å². The van der Waals surface area contributed by atoms with Crippen LogP contribution in [0.3, 0.4) is 0 Å². The number of nitrogens with one attached hydrogen (secondary N) is 1. The van der Waals surface area contributed by atoms with E-state index in [-0.39, 0.29) is 0 Å². The molecule has 0 fully saturated rings. The average molecular weight is 217 g/mol.